The van der Waals surface area contributed by atoms with Crippen LogP contribution in [0.4, 0.5) is 20.2 Å². The van der Waals surface area contributed by atoms with Crippen LogP contribution in [-0.2, 0) is 9.84 Å². The van der Waals surface area contributed by atoms with Crippen molar-refractivity contribution in [1.82, 2.24) is 4.98 Å². The van der Waals surface area contributed by atoms with E-state index in [0.29, 0.717) is 11.4 Å². The van der Waals surface area contributed by atoms with E-state index in [-0.39, 0.29) is 16.5 Å². The Morgan fingerprint density at radius 3 is 2.40 bits per heavy atom. The van der Waals surface area contributed by atoms with E-state index >= 15 is 0 Å². The molecule has 0 fully saturated rings. The van der Waals surface area contributed by atoms with E-state index in [0.717, 1.165) is 0 Å². The minimum atomic E-state index is -4.33. The molecule has 0 saturated carbocycles. The summed E-state index contributed by atoms with van der Waals surface area (Å²) in [6, 6.07) is 13.8. The zero-order chi connectivity index (χ0) is 17.6. The van der Waals surface area contributed by atoms with Crippen LogP contribution in [0.5, 0.6) is 11.6 Å². The number of halogens is 2. The molecule has 0 spiro atoms. The SMILES string of the molecule is O=S(=O)(c1ccccc1)c1c(F)c(F)nc2c1Nc1ccccc1O2. The minimum absolute atomic E-state index is 0.164. The summed E-state index contributed by atoms with van der Waals surface area (Å²) in [5, 5.41) is 2.78. The summed E-state index contributed by atoms with van der Waals surface area (Å²) in [6.45, 7) is 0. The maximum absolute atomic E-state index is 14.4. The number of fused-ring (bicyclic) bond motifs is 2. The largest absolute Gasteiger partial charge is 0.435 e. The predicted octanol–water partition coefficient (Wildman–Crippen LogP) is 4.04. The molecule has 1 N–H and O–H groups in total. The Morgan fingerprint density at radius 1 is 0.960 bits per heavy atom. The highest BCUT2D eigenvalue weighted by Gasteiger charge is 2.34. The number of anilines is 2. The second-order valence-electron chi connectivity index (χ2n) is 5.27. The topological polar surface area (TPSA) is 68.3 Å². The van der Waals surface area contributed by atoms with Crippen molar-refractivity contribution >= 4 is 21.2 Å². The number of nitrogens with zero attached hydrogens (tertiary/aromatic N) is 1. The lowest BCUT2D eigenvalue weighted by Gasteiger charge is -2.23. The van der Waals surface area contributed by atoms with Crippen molar-refractivity contribution in [2.75, 3.05) is 5.32 Å². The van der Waals surface area contributed by atoms with Crippen LogP contribution in [0.25, 0.3) is 0 Å². The predicted molar refractivity (Wildman–Crippen MR) is 85.8 cm³/mol. The number of ether oxygens (including phenoxy) is 1. The second-order valence-corrected chi connectivity index (χ2v) is 7.15. The molecule has 0 unspecified atom stereocenters. The molecule has 0 amide bonds. The highest BCUT2D eigenvalue weighted by Crippen LogP contribution is 2.45. The van der Waals surface area contributed by atoms with Gasteiger partial charge in [0.05, 0.1) is 10.6 Å². The van der Waals surface area contributed by atoms with E-state index in [9.17, 15) is 17.2 Å². The number of hydrogen-bond donors (Lipinski definition) is 1. The molecule has 5 nitrogen and oxygen atoms in total. The first-order valence-electron chi connectivity index (χ1n) is 7.21. The first-order valence-corrected chi connectivity index (χ1v) is 8.70. The Bertz CT molecular complexity index is 1090. The van der Waals surface area contributed by atoms with Gasteiger partial charge in [0, 0.05) is 0 Å². The first-order chi connectivity index (χ1) is 12.0. The Labute approximate surface area is 141 Å². The van der Waals surface area contributed by atoms with Gasteiger partial charge in [0.25, 0.3) is 5.95 Å². The van der Waals surface area contributed by atoms with Crippen LogP contribution in [0, 0.1) is 11.8 Å². The monoisotopic (exact) mass is 360 g/mol. The molecule has 1 aliphatic heterocycles. The fraction of sp³-hybridized carbons (Fsp3) is 0. The highest BCUT2D eigenvalue weighted by atomic mass is 32.2. The molecule has 25 heavy (non-hydrogen) atoms. The van der Waals surface area contributed by atoms with Gasteiger partial charge in [-0.3, -0.25) is 0 Å². The van der Waals surface area contributed by atoms with Crippen molar-refractivity contribution < 1.29 is 21.9 Å². The lowest BCUT2D eigenvalue weighted by molar-refractivity contribution is 0.409. The van der Waals surface area contributed by atoms with Crippen LogP contribution in [0.15, 0.2) is 64.4 Å². The molecule has 2 heterocycles. The van der Waals surface area contributed by atoms with Gasteiger partial charge in [-0.25, -0.2) is 12.8 Å². The molecular formula is C17H10F2N2O3S. The molecule has 1 aliphatic rings. The van der Waals surface area contributed by atoms with Crippen LogP contribution in [0.1, 0.15) is 0 Å². The Morgan fingerprint density at radius 2 is 1.64 bits per heavy atom. The number of hydrogen-bond acceptors (Lipinski definition) is 5. The van der Waals surface area contributed by atoms with Gasteiger partial charge in [-0.15, -0.1) is 0 Å². The quantitative estimate of drug-likeness (QED) is 0.547. The third-order valence-corrected chi connectivity index (χ3v) is 5.51. The molecular weight excluding hydrogens is 350 g/mol. The summed E-state index contributed by atoms with van der Waals surface area (Å²) in [6.07, 6.45) is 0. The molecule has 0 bridgehead atoms. The van der Waals surface area contributed by atoms with Crippen molar-refractivity contribution in [3.8, 4) is 11.6 Å². The van der Waals surface area contributed by atoms with Gasteiger partial charge in [-0.05, 0) is 24.3 Å². The molecule has 126 valence electrons. The molecule has 1 aromatic heterocycles. The summed E-state index contributed by atoms with van der Waals surface area (Å²) >= 11 is 0. The van der Waals surface area contributed by atoms with E-state index in [2.05, 4.69) is 10.3 Å². The molecule has 8 heteroatoms. The number of para-hydroxylation sites is 2. The average molecular weight is 360 g/mol. The number of benzene rings is 2. The second kappa shape index (κ2) is 5.52. The van der Waals surface area contributed by atoms with Crippen LogP contribution in [0.3, 0.4) is 0 Å². The maximum Gasteiger partial charge on any atom is 0.253 e. The number of aromatic nitrogens is 1. The lowest BCUT2D eigenvalue weighted by Crippen LogP contribution is -2.15. The normalized spacial score (nSPS) is 12.6. The van der Waals surface area contributed by atoms with Crippen LogP contribution in [-0.4, -0.2) is 13.4 Å². The summed E-state index contributed by atoms with van der Waals surface area (Å²) < 4.78 is 59.5. The van der Waals surface area contributed by atoms with E-state index in [1.165, 1.54) is 24.3 Å². The van der Waals surface area contributed by atoms with Gasteiger partial charge in [-0.1, -0.05) is 30.3 Å². The molecule has 3 aromatic rings. The number of sulfone groups is 1. The Hall–Kier alpha value is -3.00. The van der Waals surface area contributed by atoms with E-state index in [1.807, 2.05) is 0 Å². The molecule has 0 saturated heterocycles. The Kier molecular flexibility index (Phi) is 3.43. The third-order valence-electron chi connectivity index (χ3n) is 3.70. The van der Waals surface area contributed by atoms with E-state index in [4.69, 9.17) is 4.74 Å². The van der Waals surface area contributed by atoms with Crippen LogP contribution in [0.2, 0.25) is 0 Å². The van der Waals surface area contributed by atoms with Gasteiger partial charge in [-0.2, -0.15) is 9.37 Å². The maximum atomic E-state index is 14.4. The van der Waals surface area contributed by atoms with Gasteiger partial charge in [0.2, 0.25) is 15.7 Å². The van der Waals surface area contributed by atoms with E-state index < -0.39 is 26.5 Å². The molecule has 4 rings (SSSR count). The molecule has 0 aliphatic carbocycles. The highest BCUT2D eigenvalue weighted by molar-refractivity contribution is 7.91. The molecule has 0 radical (unpaired) electrons. The Balaban J connectivity index is 1.98. The first kappa shape index (κ1) is 15.5. The summed E-state index contributed by atoms with van der Waals surface area (Å²) in [4.78, 5) is 2.39. The molecule has 0 atom stereocenters. The van der Waals surface area contributed by atoms with E-state index in [1.54, 1.807) is 30.3 Å². The zero-order valence-corrected chi connectivity index (χ0v) is 13.3. The van der Waals surface area contributed by atoms with Gasteiger partial charge in [0.1, 0.15) is 10.6 Å². The minimum Gasteiger partial charge on any atom is -0.435 e. The average Bonchev–Trinajstić information content (AvgIpc) is 2.62. The van der Waals surface area contributed by atoms with Gasteiger partial charge >= 0.3 is 0 Å². The smallest absolute Gasteiger partial charge is 0.253 e. The van der Waals surface area contributed by atoms with Crippen molar-refractivity contribution in [3.05, 3.63) is 66.4 Å². The van der Waals surface area contributed by atoms with Crippen LogP contribution < -0.4 is 10.1 Å². The summed E-state index contributed by atoms with van der Waals surface area (Å²) in [7, 11) is -4.33. The fourth-order valence-electron chi connectivity index (χ4n) is 2.55. The van der Waals surface area contributed by atoms with Crippen molar-refractivity contribution in [2.45, 2.75) is 9.79 Å². The lowest BCUT2D eigenvalue weighted by atomic mass is 10.2. The van der Waals surface area contributed by atoms with Gasteiger partial charge in [0.15, 0.2) is 11.6 Å². The summed E-state index contributed by atoms with van der Waals surface area (Å²) in [5.41, 5.74) is 0.189. The van der Waals surface area contributed by atoms with Crippen molar-refractivity contribution in [2.24, 2.45) is 0 Å². The van der Waals surface area contributed by atoms with Crippen molar-refractivity contribution in [3.63, 3.8) is 0 Å². The zero-order valence-electron chi connectivity index (χ0n) is 12.5. The fourth-order valence-corrected chi connectivity index (χ4v) is 4.02. The van der Waals surface area contributed by atoms with Crippen LogP contribution >= 0.6 is 0 Å². The van der Waals surface area contributed by atoms with Gasteiger partial charge < -0.3 is 10.1 Å². The number of rotatable bonds is 2. The molecule has 2 aromatic carbocycles. The third kappa shape index (κ3) is 2.42. The number of nitrogens with one attached hydrogen (secondary N) is 1. The number of pyridine rings is 1. The van der Waals surface area contributed by atoms with Crippen molar-refractivity contribution in [1.29, 1.82) is 0 Å². The standard InChI is InChI=1S/C17H10F2N2O3S/c18-13-15(25(22,23)10-6-2-1-3-7-10)14-17(21-16(13)19)24-12-9-5-4-8-11(12)20-14/h1-9,20H. The summed E-state index contributed by atoms with van der Waals surface area (Å²) in [5.74, 6) is -3.11.